The van der Waals surface area contributed by atoms with Gasteiger partial charge in [0.05, 0.1) is 27.8 Å². The molecule has 2 aromatic carbocycles. The average molecular weight is 467 g/mol. The maximum atomic E-state index is 13.0. The van der Waals surface area contributed by atoms with Crippen molar-refractivity contribution in [1.82, 2.24) is 9.80 Å². The second-order valence-corrected chi connectivity index (χ2v) is 9.74. The number of amides is 1. The standard InChI is InChI=1S/C28H38N2O4/c1-29(20-28(12-5-13-28)23-7-9-24(32-2)10-8-23)14-6-15-30-16-11-21-17-25(33-3)26(34-4)18-22(21)19-27(30)31/h7-10,17-18H,5-6,11-16,19-20H2,1-4H3. The molecule has 6 nitrogen and oxygen atoms in total. The van der Waals surface area contributed by atoms with E-state index in [9.17, 15) is 4.79 Å². The monoisotopic (exact) mass is 466 g/mol. The van der Waals surface area contributed by atoms with Crippen molar-refractivity contribution < 1.29 is 19.0 Å². The van der Waals surface area contributed by atoms with E-state index in [4.69, 9.17) is 14.2 Å². The number of carbonyl (C=O) groups excluding carboxylic acids is 1. The second kappa shape index (κ2) is 10.7. The van der Waals surface area contributed by atoms with Crippen LogP contribution in [0.4, 0.5) is 0 Å². The van der Waals surface area contributed by atoms with Crippen molar-refractivity contribution in [3.05, 3.63) is 53.1 Å². The Morgan fingerprint density at radius 3 is 2.24 bits per heavy atom. The molecule has 0 radical (unpaired) electrons. The van der Waals surface area contributed by atoms with Gasteiger partial charge in [0.25, 0.3) is 0 Å². The van der Waals surface area contributed by atoms with Gasteiger partial charge in [0, 0.05) is 25.0 Å². The number of fused-ring (bicyclic) bond motifs is 1. The van der Waals surface area contributed by atoms with E-state index in [2.05, 4.69) is 36.2 Å². The van der Waals surface area contributed by atoms with Gasteiger partial charge in [0.2, 0.25) is 5.91 Å². The molecule has 0 spiro atoms. The number of ether oxygens (including phenoxy) is 3. The Labute approximate surface area is 203 Å². The van der Waals surface area contributed by atoms with Crippen LogP contribution in [0.1, 0.15) is 42.4 Å². The Hall–Kier alpha value is -2.73. The van der Waals surface area contributed by atoms with Crippen molar-refractivity contribution in [2.24, 2.45) is 0 Å². The molecule has 1 saturated carbocycles. The first kappa shape index (κ1) is 24.4. The first-order valence-corrected chi connectivity index (χ1v) is 12.3. The second-order valence-electron chi connectivity index (χ2n) is 9.74. The number of nitrogens with zero attached hydrogens (tertiary/aromatic N) is 2. The number of carbonyl (C=O) groups is 1. The Morgan fingerprint density at radius 2 is 1.65 bits per heavy atom. The molecule has 1 amide bonds. The van der Waals surface area contributed by atoms with Crippen LogP contribution in [0.25, 0.3) is 0 Å². The van der Waals surface area contributed by atoms with Gasteiger partial charge >= 0.3 is 0 Å². The van der Waals surface area contributed by atoms with E-state index in [0.717, 1.165) is 56.1 Å². The molecule has 0 atom stereocenters. The molecular formula is C28H38N2O4. The van der Waals surface area contributed by atoms with Crippen LogP contribution in [-0.4, -0.2) is 70.3 Å². The number of likely N-dealkylation sites (N-methyl/N-ethyl adjacent to an activating group) is 1. The van der Waals surface area contributed by atoms with Crippen LogP contribution in [0.5, 0.6) is 17.2 Å². The molecule has 1 heterocycles. The van der Waals surface area contributed by atoms with Crippen LogP contribution in [0.2, 0.25) is 0 Å². The van der Waals surface area contributed by atoms with E-state index in [1.807, 2.05) is 17.0 Å². The van der Waals surface area contributed by atoms with Gasteiger partial charge in [-0.1, -0.05) is 18.6 Å². The number of benzene rings is 2. The smallest absolute Gasteiger partial charge is 0.227 e. The van der Waals surface area contributed by atoms with Crippen LogP contribution >= 0.6 is 0 Å². The summed E-state index contributed by atoms with van der Waals surface area (Å²) in [5, 5.41) is 0. The molecule has 0 N–H and O–H groups in total. The quantitative estimate of drug-likeness (QED) is 0.528. The van der Waals surface area contributed by atoms with E-state index in [1.54, 1.807) is 21.3 Å². The van der Waals surface area contributed by atoms with Gasteiger partial charge in [-0.15, -0.1) is 0 Å². The Kier molecular flexibility index (Phi) is 7.67. The van der Waals surface area contributed by atoms with Crippen molar-refractivity contribution in [1.29, 1.82) is 0 Å². The van der Waals surface area contributed by atoms with Crippen LogP contribution < -0.4 is 14.2 Å². The third-order valence-electron chi connectivity index (χ3n) is 7.60. The van der Waals surface area contributed by atoms with Crippen molar-refractivity contribution in [3.63, 3.8) is 0 Å². The minimum absolute atomic E-state index is 0.197. The van der Waals surface area contributed by atoms with Crippen LogP contribution in [0, 0.1) is 0 Å². The zero-order chi connectivity index (χ0) is 24.1. The minimum Gasteiger partial charge on any atom is -0.497 e. The summed E-state index contributed by atoms with van der Waals surface area (Å²) in [6.45, 7) is 3.58. The normalized spacial score (nSPS) is 17.1. The zero-order valence-corrected chi connectivity index (χ0v) is 21.1. The van der Waals surface area contributed by atoms with Gasteiger partial charge in [-0.25, -0.2) is 0 Å². The molecule has 4 rings (SSSR count). The molecule has 6 heteroatoms. The fourth-order valence-electron chi connectivity index (χ4n) is 5.47. The van der Waals surface area contributed by atoms with Gasteiger partial charge in [-0.3, -0.25) is 4.79 Å². The summed E-state index contributed by atoms with van der Waals surface area (Å²) in [7, 11) is 7.21. The summed E-state index contributed by atoms with van der Waals surface area (Å²) in [5.74, 6) is 2.52. The lowest BCUT2D eigenvalue weighted by atomic mass is 9.64. The topological polar surface area (TPSA) is 51.2 Å². The van der Waals surface area contributed by atoms with Crippen molar-refractivity contribution in [2.45, 2.75) is 43.9 Å². The van der Waals surface area contributed by atoms with Gasteiger partial charge in [0.15, 0.2) is 11.5 Å². The molecular weight excluding hydrogens is 428 g/mol. The number of rotatable bonds is 10. The largest absolute Gasteiger partial charge is 0.497 e. The molecule has 1 aliphatic heterocycles. The summed E-state index contributed by atoms with van der Waals surface area (Å²) >= 11 is 0. The van der Waals surface area contributed by atoms with E-state index < -0.39 is 0 Å². The van der Waals surface area contributed by atoms with Crippen LogP contribution in [-0.2, 0) is 23.1 Å². The first-order chi connectivity index (χ1) is 16.5. The van der Waals surface area contributed by atoms with Crippen LogP contribution in [0.3, 0.4) is 0 Å². The fraction of sp³-hybridized carbons (Fsp3) is 0.536. The maximum Gasteiger partial charge on any atom is 0.227 e. The highest BCUT2D eigenvalue weighted by Crippen LogP contribution is 2.44. The number of hydrogen-bond donors (Lipinski definition) is 0. The van der Waals surface area contributed by atoms with Gasteiger partial charge in [-0.05, 0) is 80.2 Å². The zero-order valence-electron chi connectivity index (χ0n) is 21.1. The predicted octanol–water partition coefficient (Wildman–Crippen LogP) is 4.08. The molecule has 2 aromatic rings. The maximum absolute atomic E-state index is 13.0. The molecule has 0 unspecified atom stereocenters. The van der Waals surface area contributed by atoms with Crippen molar-refractivity contribution in [3.8, 4) is 17.2 Å². The summed E-state index contributed by atoms with van der Waals surface area (Å²) < 4.78 is 16.2. The third kappa shape index (κ3) is 5.17. The van der Waals surface area contributed by atoms with E-state index in [-0.39, 0.29) is 11.3 Å². The summed E-state index contributed by atoms with van der Waals surface area (Å²) in [6, 6.07) is 12.6. The molecule has 2 aliphatic rings. The van der Waals surface area contributed by atoms with Gasteiger partial charge in [0.1, 0.15) is 5.75 Å². The lowest BCUT2D eigenvalue weighted by Crippen LogP contribution is -2.45. The van der Waals surface area contributed by atoms with E-state index in [0.29, 0.717) is 12.2 Å². The lowest BCUT2D eigenvalue weighted by molar-refractivity contribution is -0.130. The summed E-state index contributed by atoms with van der Waals surface area (Å²) in [4.78, 5) is 17.4. The number of hydrogen-bond acceptors (Lipinski definition) is 5. The average Bonchev–Trinajstić information content (AvgIpc) is 2.98. The Morgan fingerprint density at radius 1 is 0.971 bits per heavy atom. The SMILES string of the molecule is COc1ccc(C2(CN(C)CCCN3CCc4cc(OC)c(OC)cc4CC3=O)CCC2)cc1. The first-order valence-electron chi connectivity index (χ1n) is 12.3. The third-order valence-corrected chi connectivity index (χ3v) is 7.60. The minimum atomic E-state index is 0.197. The molecule has 0 aromatic heterocycles. The number of methoxy groups -OCH3 is 3. The molecule has 34 heavy (non-hydrogen) atoms. The van der Waals surface area contributed by atoms with Crippen molar-refractivity contribution >= 4 is 5.91 Å². The van der Waals surface area contributed by atoms with Gasteiger partial charge < -0.3 is 24.0 Å². The molecule has 1 fully saturated rings. The molecule has 0 bridgehead atoms. The highest BCUT2D eigenvalue weighted by atomic mass is 16.5. The van der Waals surface area contributed by atoms with Crippen LogP contribution in [0.15, 0.2) is 36.4 Å². The lowest BCUT2D eigenvalue weighted by Gasteiger charge is -2.45. The summed E-state index contributed by atoms with van der Waals surface area (Å²) in [6.07, 6.45) is 6.01. The summed E-state index contributed by atoms with van der Waals surface area (Å²) in [5.41, 5.74) is 3.89. The van der Waals surface area contributed by atoms with Gasteiger partial charge in [-0.2, -0.15) is 0 Å². The Balaban J connectivity index is 1.31. The molecule has 184 valence electrons. The molecule has 1 aliphatic carbocycles. The fourth-order valence-corrected chi connectivity index (χ4v) is 5.47. The Bertz CT molecular complexity index is 985. The van der Waals surface area contributed by atoms with Crippen molar-refractivity contribution in [2.75, 3.05) is 54.6 Å². The highest BCUT2D eigenvalue weighted by Gasteiger charge is 2.39. The van der Waals surface area contributed by atoms with E-state index in [1.165, 1.54) is 30.4 Å². The predicted molar refractivity (Wildman–Crippen MR) is 134 cm³/mol. The highest BCUT2D eigenvalue weighted by molar-refractivity contribution is 5.80. The molecule has 0 saturated heterocycles. The van der Waals surface area contributed by atoms with E-state index >= 15 is 0 Å².